The average molecular weight is 384 g/mol. The van der Waals surface area contributed by atoms with Crippen molar-refractivity contribution in [1.82, 2.24) is 15.8 Å². The van der Waals surface area contributed by atoms with Crippen LogP contribution in [-0.2, 0) is 14.4 Å². The first kappa shape index (κ1) is 18.5. The summed E-state index contributed by atoms with van der Waals surface area (Å²) in [7, 11) is 0. The van der Waals surface area contributed by atoms with Gasteiger partial charge in [-0.25, -0.2) is 4.79 Å². The summed E-state index contributed by atoms with van der Waals surface area (Å²) < 4.78 is 0. The monoisotopic (exact) mass is 384 g/mol. The highest BCUT2D eigenvalue weighted by Gasteiger charge is 2.52. The largest absolute Gasteiger partial charge is 0.344 e. The van der Waals surface area contributed by atoms with E-state index < -0.39 is 29.3 Å². The predicted molar refractivity (Wildman–Crippen MR) is 101 cm³/mol. The zero-order valence-electron chi connectivity index (χ0n) is 15.9. The Morgan fingerprint density at radius 3 is 2.46 bits per heavy atom. The van der Waals surface area contributed by atoms with Gasteiger partial charge in [0.05, 0.1) is 5.92 Å². The van der Waals surface area contributed by atoms with Gasteiger partial charge in [0.2, 0.25) is 11.8 Å². The molecule has 28 heavy (non-hydrogen) atoms. The van der Waals surface area contributed by atoms with E-state index in [0.29, 0.717) is 12.8 Å². The molecule has 3 fully saturated rings. The first-order valence-electron chi connectivity index (χ1n) is 9.74. The maximum Gasteiger partial charge on any atom is 0.344 e. The lowest BCUT2D eigenvalue weighted by atomic mass is 9.82. The zero-order chi connectivity index (χ0) is 19.9. The molecule has 2 aliphatic heterocycles. The molecule has 1 unspecified atom stereocenters. The van der Waals surface area contributed by atoms with E-state index in [9.17, 15) is 19.2 Å². The molecule has 1 spiro atoms. The van der Waals surface area contributed by atoms with E-state index in [1.807, 2.05) is 31.2 Å². The molecular formula is C20H24N4O4. The van der Waals surface area contributed by atoms with Crippen LogP contribution < -0.4 is 15.6 Å². The van der Waals surface area contributed by atoms with E-state index in [0.717, 1.165) is 35.5 Å². The summed E-state index contributed by atoms with van der Waals surface area (Å²) >= 11 is 0. The summed E-state index contributed by atoms with van der Waals surface area (Å²) in [5.41, 5.74) is 3.38. The van der Waals surface area contributed by atoms with E-state index in [1.165, 1.54) is 0 Å². The van der Waals surface area contributed by atoms with Crippen molar-refractivity contribution < 1.29 is 19.2 Å². The molecule has 3 aliphatic rings. The van der Waals surface area contributed by atoms with Gasteiger partial charge in [-0.15, -0.1) is 0 Å². The molecular weight excluding hydrogens is 360 g/mol. The van der Waals surface area contributed by atoms with Gasteiger partial charge in [-0.3, -0.25) is 19.8 Å². The summed E-state index contributed by atoms with van der Waals surface area (Å²) in [6.07, 6.45) is 4.01. The molecule has 1 aromatic rings. The first-order chi connectivity index (χ1) is 13.4. The number of nitrogens with zero attached hydrogens (tertiary/aromatic N) is 2. The quantitative estimate of drug-likeness (QED) is 0.774. The van der Waals surface area contributed by atoms with Gasteiger partial charge in [0, 0.05) is 18.7 Å². The van der Waals surface area contributed by atoms with Crippen molar-refractivity contribution in [3.63, 3.8) is 0 Å². The average Bonchev–Trinajstić information content (AvgIpc) is 3.17. The van der Waals surface area contributed by atoms with Crippen molar-refractivity contribution >= 4 is 29.4 Å². The van der Waals surface area contributed by atoms with Crippen LogP contribution in [0.2, 0.25) is 0 Å². The molecule has 8 heteroatoms. The number of amides is 5. The van der Waals surface area contributed by atoms with Gasteiger partial charge >= 0.3 is 6.03 Å². The lowest BCUT2D eigenvalue weighted by Gasteiger charge is -2.30. The van der Waals surface area contributed by atoms with E-state index >= 15 is 0 Å². The fourth-order valence-electron chi connectivity index (χ4n) is 4.27. The third-order valence-corrected chi connectivity index (χ3v) is 5.93. The number of urea groups is 1. The number of imide groups is 1. The molecule has 0 aromatic heterocycles. The van der Waals surface area contributed by atoms with Crippen LogP contribution in [-0.4, -0.2) is 40.8 Å². The van der Waals surface area contributed by atoms with Crippen molar-refractivity contribution in [2.45, 2.75) is 51.0 Å². The number of aryl methyl sites for hydroxylation is 1. The van der Waals surface area contributed by atoms with Gasteiger partial charge in [0.15, 0.2) is 0 Å². The maximum atomic E-state index is 12.8. The third-order valence-electron chi connectivity index (χ3n) is 5.93. The Bertz CT molecular complexity index is 829. The normalized spacial score (nSPS) is 24.0. The smallest absolute Gasteiger partial charge is 0.322 e. The summed E-state index contributed by atoms with van der Waals surface area (Å²) in [5.74, 6) is -1.65. The van der Waals surface area contributed by atoms with Gasteiger partial charge in [-0.05, 0) is 31.9 Å². The number of rotatable bonds is 3. The SMILES string of the molecule is Cc1ccc(N2CC(C(=O)NN3C(=O)NC4(CCCCC4)C3=O)CC2=O)cc1. The van der Waals surface area contributed by atoms with Crippen molar-refractivity contribution in [3.05, 3.63) is 29.8 Å². The Labute approximate surface area is 163 Å². The maximum absolute atomic E-state index is 12.8. The molecule has 0 bridgehead atoms. The molecule has 1 aliphatic carbocycles. The molecule has 1 aromatic carbocycles. The second-order valence-corrected chi connectivity index (χ2v) is 7.93. The minimum Gasteiger partial charge on any atom is -0.322 e. The summed E-state index contributed by atoms with van der Waals surface area (Å²) in [6.45, 7) is 2.19. The van der Waals surface area contributed by atoms with Crippen LogP contribution in [0.25, 0.3) is 0 Å². The Hall–Kier alpha value is -2.90. The Morgan fingerprint density at radius 2 is 1.79 bits per heavy atom. The topological polar surface area (TPSA) is 98.8 Å². The van der Waals surface area contributed by atoms with E-state index in [4.69, 9.17) is 0 Å². The number of carbonyl (C=O) groups is 4. The minimum absolute atomic E-state index is 0.0501. The number of hydrogen-bond acceptors (Lipinski definition) is 4. The number of benzene rings is 1. The van der Waals surface area contributed by atoms with Gasteiger partial charge in [-0.2, -0.15) is 5.01 Å². The van der Waals surface area contributed by atoms with Crippen molar-refractivity contribution in [2.24, 2.45) is 5.92 Å². The second-order valence-electron chi connectivity index (χ2n) is 7.93. The fourth-order valence-corrected chi connectivity index (χ4v) is 4.27. The molecule has 5 amide bonds. The lowest BCUT2D eigenvalue weighted by Crippen LogP contribution is -2.52. The van der Waals surface area contributed by atoms with Crippen LogP contribution in [0.4, 0.5) is 10.5 Å². The number of hydrogen-bond donors (Lipinski definition) is 2. The Morgan fingerprint density at radius 1 is 1.11 bits per heavy atom. The van der Waals surface area contributed by atoms with Crippen molar-refractivity contribution in [3.8, 4) is 0 Å². The number of anilines is 1. The molecule has 2 N–H and O–H groups in total. The van der Waals surface area contributed by atoms with E-state index in [1.54, 1.807) is 4.90 Å². The lowest BCUT2D eigenvalue weighted by molar-refractivity contribution is -0.141. The molecule has 2 saturated heterocycles. The summed E-state index contributed by atoms with van der Waals surface area (Å²) in [5, 5.41) is 3.56. The number of hydrazine groups is 1. The first-order valence-corrected chi connectivity index (χ1v) is 9.74. The molecule has 4 rings (SSSR count). The molecule has 2 heterocycles. The fraction of sp³-hybridized carbons (Fsp3) is 0.500. The molecule has 1 saturated carbocycles. The summed E-state index contributed by atoms with van der Waals surface area (Å²) in [4.78, 5) is 51.7. The van der Waals surface area contributed by atoms with Gasteiger partial charge in [0.1, 0.15) is 5.54 Å². The van der Waals surface area contributed by atoms with Gasteiger partial charge in [-0.1, -0.05) is 37.0 Å². The van der Waals surface area contributed by atoms with Crippen LogP contribution >= 0.6 is 0 Å². The minimum atomic E-state index is -0.887. The third kappa shape index (κ3) is 3.12. The Balaban J connectivity index is 1.43. The van der Waals surface area contributed by atoms with E-state index in [-0.39, 0.29) is 18.9 Å². The highest BCUT2D eigenvalue weighted by Crippen LogP contribution is 2.33. The highest BCUT2D eigenvalue weighted by molar-refractivity contribution is 6.08. The molecule has 148 valence electrons. The van der Waals surface area contributed by atoms with Gasteiger partial charge in [0.25, 0.3) is 5.91 Å². The van der Waals surface area contributed by atoms with E-state index in [2.05, 4.69) is 10.7 Å². The predicted octanol–water partition coefficient (Wildman–Crippen LogP) is 1.63. The van der Waals surface area contributed by atoms with Crippen molar-refractivity contribution in [2.75, 3.05) is 11.4 Å². The standard InChI is InChI=1S/C20H24N4O4/c1-13-5-7-15(8-6-13)23-12-14(11-16(23)25)17(26)22-24-18(27)20(21-19(24)28)9-3-2-4-10-20/h5-8,14H,2-4,9-12H2,1H3,(H,21,28)(H,22,26). The Kier molecular flexibility index (Phi) is 4.56. The van der Waals surface area contributed by atoms with Crippen molar-refractivity contribution in [1.29, 1.82) is 0 Å². The number of carbonyl (C=O) groups excluding carboxylic acids is 4. The number of nitrogens with one attached hydrogen (secondary N) is 2. The second kappa shape index (κ2) is 6.92. The zero-order valence-corrected chi connectivity index (χ0v) is 15.9. The van der Waals surface area contributed by atoms with Crippen LogP contribution in [0.5, 0.6) is 0 Å². The molecule has 0 radical (unpaired) electrons. The van der Waals surface area contributed by atoms with Gasteiger partial charge < -0.3 is 10.2 Å². The highest BCUT2D eigenvalue weighted by atomic mass is 16.2. The van der Waals surface area contributed by atoms with Crippen LogP contribution in [0.15, 0.2) is 24.3 Å². The van der Waals surface area contributed by atoms with Crippen LogP contribution in [0.3, 0.4) is 0 Å². The van der Waals surface area contributed by atoms with Crippen LogP contribution in [0, 0.1) is 12.8 Å². The molecule has 1 atom stereocenters. The van der Waals surface area contributed by atoms with Crippen LogP contribution in [0.1, 0.15) is 44.1 Å². The summed E-state index contributed by atoms with van der Waals surface area (Å²) in [6, 6.07) is 6.91. The molecule has 8 nitrogen and oxygen atoms in total.